The van der Waals surface area contributed by atoms with E-state index in [1.165, 1.54) is 6.92 Å². The minimum atomic E-state index is -0.244. The number of nitrogens with one attached hydrogen (secondary N) is 1. The van der Waals surface area contributed by atoms with E-state index >= 15 is 0 Å². The Balaban J connectivity index is 1.65. The van der Waals surface area contributed by atoms with Crippen molar-refractivity contribution >= 4 is 17.9 Å². The summed E-state index contributed by atoms with van der Waals surface area (Å²) in [5.74, 6) is 0.311. The van der Waals surface area contributed by atoms with Crippen LogP contribution in [-0.4, -0.2) is 36.5 Å². The smallest absolute Gasteiger partial charge is 0.223 e. The van der Waals surface area contributed by atoms with Crippen LogP contribution >= 0.6 is 0 Å². The highest BCUT2D eigenvalue weighted by Crippen LogP contribution is 2.32. The molecule has 0 bridgehead atoms. The Morgan fingerprint density at radius 1 is 1.33 bits per heavy atom. The summed E-state index contributed by atoms with van der Waals surface area (Å²) in [7, 11) is 0. The molecule has 0 aromatic heterocycles. The fraction of sp³-hybridized carbons (Fsp3) is 0.474. The lowest BCUT2D eigenvalue weighted by Crippen LogP contribution is -2.37. The second kappa shape index (κ2) is 7.62. The van der Waals surface area contributed by atoms with Crippen LogP contribution in [0.4, 0.5) is 0 Å². The third-order valence-electron chi connectivity index (χ3n) is 4.69. The van der Waals surface area contributed by atoms with E-state index in [0.29, 0.717) is 12.5 Å². The number of benzene rings is 1. The standard InChI is InChI=1S/C19H24N2O3/c1-14(22)21-9-8-16-6-2-3-7-17(16)18(21)11-19(23)20-12-15-5-4-10-24-13-15/h2-3,6-9,15,18H,4-5,10-13H2,1H3,(H,20,23)/t15-,18-/m0/s1. The number of carbonyl (C=O) groups is 2. The number of carbonyl (C=O) groups excluding carboxylic acids is 2. The molecule has 5 nitrogen and oxygen atoms in total. The summed E-state index contributed by atoms with van der Waals surface area (Å²) in [6.45, 7) is 3.71. The van der Waals surface area contributed by atoms with Crippen LogP contribution in [0, 0.1) is 5.92 Å². The highest BCUT2D eigenvalue weighted by atomic mass is 16.5. The maximum absolute atomic E-state index is 12.4. The Bertz CT molecular complexity index is 635. The monoisotopic (exact) mass is 328 g/mol. The lowest BCUT2D eigenvalue weighted by molar-refractivity contribution is -0.130. The van der Waals surface area contributed by atoms with Gasteiger partial charge >= 0.3 is 0 Å². The molecule has 1 fully saturated rings. The molecule has 1 aromatic rings. The molecule has 5 heteroatoms. The first-order chi connectivity index (χ1) is 11.6. The third-order valence-corrected chi connectivity index (χ3v) is 4.69. The van der Waals surface area contributed by atoms with Gasteiger partial charge in [0, 0.05) is 26.3 Å². The quantitative estimate of drug-likeness (QED) is 0.924. The zero-order valence-electron chi connectivity index (χ0n) is 14.0. The fourth-order valence-electron chi connectivity index (χ4n) is 3.39. The number of hydrogen-bond acceptors (Lipinski definition) is 3. The average molecular weight is 328 g/mol. The summed E-state index contributed by atoms with van der Waals surface area (Å²) < 4.78 is 5.45. The Kier molecular flexibility index (Phi) is 5.30. The zero-order valence-corrected chi connectivity index (χ0v) is 14.0. The molecular weight excluding hydrogens is 304 g/mol. The van der Waals surface area contributed by atoms with Crippen LogP contribution in [0.3, 0.4) is 0 Å². The largest absolute Gasteiger partial charge is 0.381 e. The van der Waals surface area contributed by atoms with Gasteiger partial charge in [0.2, 0.25) is 11.8 Å². The molecule has 0 radical (unpaired) electrons. The van der Waals surface area contributed by atoms with Crippen LogP contribution in [0.25, 0.3) is 6.08 Å². The first-order valence-electron chi connectivity index (χ1n) is 8.55. The van der Waals surface area contributed by atoms with Gasteiger partial charge in [-0.05, 0) is 36.0 Å². The van der Waals surface area contributed by atoms with Gasteiger partial charge in [-0.1, -0.05) is 24.3 Å². The van der Waals surface area contributed by atoms with Gasteiger partial charge in [-0.15, -0.1) is 0 Å². The summed E-state index contributed by atoms with van der Waals surface area (Å²) in [6, 6.07) is 7.66. The summed E-state index contributed by atoms with van der Waals surface area (Å²) in [4.78, 5) is 26.0. The molecule has 0 saturated carbocycles. The average Bonchev–Trinajstić information content (AvgIpc) is 2.61. The molecule has 3 rings (SSSR count). The Labute approximate surface area is 142 Å². The molecule has 1 saturated heterocycles. The van der Waals surface area contributed by atoms with Crippen LogP contribution in [0.2, 0.25) is 0 Å². The van der Waals surface area contributed by atoms with Crippen molar-refractivity contribution in [3.63, 3.8) is 0 Å². The highest BCUT2D eigenvalue weighted by molar-refractivity contribution is 5.81. The van der Waals surface area contributed by atoms with Crippen molar-refractivity contribution in [2.75, 3.05) is 19.8 Å². The number of fused-ring (bicyclic) bond motifs is 1. The molecule has 0 aliphatic carbocycles. The van der Waals surface area contributed by atoms with Crippen LogP contribution in [0.1, 0.15) is 43.4 Å². The minimum Gasteiger partial charge on any atom is -0.381 e. The van der Waals surface area contributed by atoms with Gasteiger partial charge in [0.25, 0.3) is 0 Å². The lowest BCUT2D eigenvalue weighted by atomic mass is 9.93. The van der Waals surface area contributed by atoms with Crippen molar-refractivity contribution in [3.8, 4) is 0 Å². The van der Waals surface area contributed by atoms with E-state index in [1.54, 1.807) is 11.1 Å². The van der Waals surface area contributed by atoms with Crippen LogP contribution < -0.4 is 5.32 Å². The Hall–Kier alpha value is -2.14. The second-order valence-corrected chi connectivity index (χ2v) is 6.48. The molecule has 0 unspecified atom stereocenters. The summed E-state index contributed by atoms with van der Waals surface area (Å²) >= 11 is 0. The first kappa shape index (κ1) is 16.7. The van der Waals surface area contributed by atoms with Crippen LogP contribution in [-0.2, 0) is 14.3 Å². The van der Waals surface area contributed by atoms with E-state index in [2.05, 4.69) is 5.32 Å². The van der Waals surface area contributed by atoms with Crippen molar-refractivity contribution in [2.45, 2.75) is 32.2 Å². The van der Waals surface area contributed by atoms with Crippen molar-refractivity contribution in [2.24, 2.45) is 5.92 Å². The first-order valence-corrected chi connectivity index (χ1v) is 8.55. The predicted molar refractivity (Wildman–Crippen MR) is 91.9 cm³/mol. The predicted octanol–water partition coefficient (Wildman–Crippen LogP) is 2.49. The summed E-state index contributed by atoms with van der Waals surface area (Å²) in [6.07, 6.45) is 6.12. The topological polar surface area (TPSA) is 58.6 Å². The summed E-state index contributed by atoms with van der Waals surface area (Å²) in [5, 5.41) is 3.01. The molecule has 128 valence electrons. The molecule has 2 aliphatic rings. The zero-order chi connectivity index (χ0) is 16.9. The molecule has 2 atom stereocenters. The molecular formula is C19H24N2O3. The van der Waals surface area contributed by atoms with Gasteiger partial charge in [-0.25, -0.2) is 0 Å². The Morgan fingerprint density at radius 2 is 2.17 bits per heavy atom. The molecule has 0 spiro atoms. The van der Waals surface area contributed by atoms with Crippen molar-refractivity contribution in [1.29, 1.82) is 0 Å². The molecule has 1 N–H and O–H groups in total. The Morgan fingerprint density at radius 3 is 2.92 bits per heavy atom. The van der Waals surface area contributed by atoms with E-state index in [1.807, 2.05) is 30.3 Å². The fourth-order valence-corrected chi connectivity index (χ4v) is 3.39. The number of nitrogens with zero attached hydrogens (tertiary/aromatic N) is 1. The van der Waals surface area contributed by atoms with Gasteiger partial charge in [0.05, 0.1) is 19.1 Å². The van der Waals surface area contributed by atoms with Gasteiger partial charge in [0.15, 0.2) is 0 Å². The maximum Gasteiger partial charge on any atom is 0.223 e. The van der Waals surface area contributed by atoms with E-state index < -0.39 is 0 Å². The minimum absolute atomic E-state index is 0.0260. The van der Waals surface area contributed by atoms with Gasteiger partial charge in [-0.2, -0.15) is 0 Å². The van der Waals surface area contributed by atoms with Gasteiger partial charge < -0.3 is 15.0 Å². The van der Waals surface area contributed by atoms with Gasteiger partial charge in [0.1, 0.15) is 0 Å². The van der Waals surface area contributed by atoms with E-state index in [-0.39, 0.29) is 24.3 Å². The molecule has 2 heterocycles. The van der Waals surface area contributed by atoms with Crippen molar-refractivity contribution < 1.29 is 14.3 Å². The normalized spacial score (nSPS) is 22.8. The molecule has 2 amide bonds. The van der Waals surface area contributed by atoms with Crippen LogP contribution in [0.5, 0.6) is 0 Å². The molecule has 2 aliphatic heterocycles. The lowest BCUT2D eigenvalue weighted by Gasteiger charge is -2.32. The molecule has 24 heavy (non-hydrogen) atoms. The van der Waals surface area contributed by atoms with E-state index in [0.717, 1.165) is 37.2 Å². The van der Waals surface area contributed by atoms with Crippen molar-refractivity contribution in [1.82, 2.24) is 10.2 Å². The molecule has 1 aromatic carbocycles. The van der Waals surface area contributed by atoms with Crippen LogP contribution in [0.15, 0.2) is 30.5 Å². The summed E-state index contributed by atoms with van der Waals surface area (Å²) in [5.41, 5.74) is 2.08. The second-order valence-electron chi connectivity index (χ2n) is 6.48. The number of rotatable bonds is 4. The van der Waals surface area contributed by atoms with E-state index in [4.69, 9.17) is 4.74 Å². The van der Waals surface area contributed by atoms with Gasteiger partial charge in [-0.3, -0.25) is 9.59 Å². The SMILES string of the molecule is CC(=O)N1C=Cc2ccccc2[C@@H]1CC(=O)NC[C@@H]1CCCOC1. The number of hydrogen-bond donors (Lipinski definition) is 1. The highest BCUT2D eigenvalue weighted by Gasteiger charge is 2.28. The number of amides is 2. The number of ether oxygens (including phenoxy) is 1. The van der Waals surface area contributed by atoms with E-state index in [9.17, 15) is 9.59 Å². The third kappa shape index (κ3) is 3.85. The van der Waals surface area contributed by atoms with Crippen molar-refractivity contribution in [3.05, 3.63) is 41.6 Å². The maximum atomic E-state index is 12.4.